The Kier molecular flexibility index (Phi) is 5.88. The van der Waals surface area contributed by atoms with Crippen molar-refractivity contribution in [2.45, 2.75) is 12.5 Å². The average molecular weight is 472 g/mol. The van der Waals surface area contributed by atoms with Crippen molar-refractivity contribution in [3.8, 4) is 5.75 Å². The second-order valence-electron chi connectivity index (χ2n) is 7.80. The minimum Gasteiger partial charge on any atom is -0.497 e. The van der Waals surface area contributed by atoms with Gasteiger partial charge in [-0.2, -0.15) is 5.10 Å². The van der Waals surface area contributed by atoms with Gasteiger partial charge in [-0.15, -0.1) is 0 Å². The van der Waals surface area contributed by atoms with E-state index in [0.29, 0.717) is 29.0 Å². The van der Waals surface area contributed by atoms with Crippen LogP contribution in [0.15, 0.2) is 91.7 Å². The smallest absolute Gasteiger partial charge is 0.374 e. The van der Waals surface area contributed by atoms with Crippen molar-refractivity contribution in [1.29, 1.82) is 0 Å². The molecule has 2 aromatic heterocycles. The van der Waals surface area contributed by atoms with Crippen LogP contribution in [0.5, 0.6) is 5.75 Å². The van der Waals surface area contributed by atoms with Gasteiger partial charge in [0.05, 0.1) is 24.5 Å². The Labute approximate surface area is 199 Å². The summed E-state index contributed by atoms with van der Waals surface area (Å²) in [5.74, 6) is -0.499. The molecule has 0 spiro atoms. The van der Waals surface area contributed by atoms with Crippen LogP contribution in [0.1, 0.15) is 34.3 Å². The first-order chi connectivity index (χ1) is 17.0. The molecule has 1 atom stereocenters. The minimum absolute atomic E-state index is 0.254. The van der Waals surface area contributed by atoms with Crippen molar-refractivity contribution < 1.29 is 27.9 Å². The molecule has 0 aliphatic carbocycles. The summed E-state index contributed by atoms with van der Waals surface area (Å²) >= 11 is 0. The van der Waals surface area contributed by atoms with Crippen molar-refractivity contribution in [3.63, 3.8) is 0 Å². The average Bonchev–Trinajstić information content (AvgIpc) is 3.57. The number of methoxy groups -OCH3 is 1. The van der Waals surface area contributed by atoms with E-state index in [1.54, 1.807) is 43.5 Å². The molecule has 4 aromatic rings. The summed E-state index contributed by atoms with van der Waals surface area (Å²) < 4.78 is 21.4. The Hall–Kier alpha value is -4.66. The third-order valence-electron chi connectivity index (χ3n) is 5.62. The summed E-state index contributed by atoms with van der Waals surface area (Å²) in [4.78, 5) is 37.8. The fraction of sp³-hybridized carbons (Fsp3) is 0.154. The summed E-state index contributed by atoms with van der Waals surface area (Å²) in [5, 5.41) is 6.09. The third-order valence-corrected chi connectivity index (χ3v) is 5.62. The Bertz CT molecular complexity index is 1470. The quantitative estimate of drug-likeness (QED) is 0.391. The van der Waals surface area contributed by atoms with Gasteiger partial charge in [0.25, 0.3) is 5.91 Å². The molecular formula is C26H20N2O7. The standard InChI is InChI=1S/C26H20N2O7/c1-32-17-10-8-16(9-11-17)19-13-20(23-7-4-12-33-23)28(27-19)25(30)15-34-26(31)24-14-21(29)18-5-2-3-6-22(18)35-24/h2-12,14,20H,13,15H2,1H3. The molecule has 9 heteroatoms. The summed E-state index contributed by atoms with van der Waals surface area (Å²) in [7, 11) is 1.58. The maximum Gasteiger partial charge on any atom is 0.374 e. The van der Waals surface area contributed by atoms with Crippen LogP contribution in [0.3, 0.4) is 0 Å². The number of carbonyl (C=O) groups is 2. The number of nitrogens with zero attached hydrogens (tertiary/aromatic N) is 2. The molecule has 0 saturated heterocycles. The molecule has 176 valence electrons. The number of hydrazone groups is 1. The molecule has 3 heterocycles. The van der Waals surface area contributed by atoms with Crippen LogP contribution in [-0.2, 0) is 9.53 Å². The molecule has 35 heavy (non-hydrogen) atoms. The van der Waals surface area contributed by atoms with Crippen LogP contribution in [0.25, 0.3) is 11.0 Å². The van der Waals surface area contributed by atoms with Crippen LogP contribution in [0, 0.1) is 0 Å². The Morgan fingerprint density at radius 2 is 1.89 bits per heavy atom. The van der Waals surface area contributed by atoms with Crippen molar-refractivity contribution in [3.05, 3.63) is 100 Å². The normalized spacial score (nSPS) is 15.2. The van der Waals surface area contributed by atoms with Crippen LogP contribution in [0.2, 0.25) is 0 Å². The van der Waals surface area contributed by atoms with Crippen LogP contribution >= 0.6 is 0 Å². The number of ether oxygens (including phenoxy) is 2. The van der Waals surface area contributed by atoms with Crippen molar-refractivity contribution in [1.82, 2.24) is 5.01 Å². The lowest BCUT2D eigenvalue weighted by atomic mass is 10.0. The number of esters is 1. The first-order valence-corrected chi connectivity index (χ1v) is 10.8. The van der Waals surface area contributed by atoms with Gasteiger partial charge in [-0.1, -0.05) is 12.1 Å². The molecule has 2 aromatic carbocycles. The molecule has 9 nitrogen and oxygen atoms in total. The number of benzene rings is 2. The van der Waals surface area contributed by atoms with Gasteiger partial charge in [0, 0.05) is 12.5 Å². The zero-order chi connectivity index (χ0) is 24.4. The molecular weight excluding hydrogens is 452 g/mol. The maximum absolute atomic E-state index is 13.0. The zero-order valence-electron chi connectivity index (χ0n) is 18.7. The molecule has 1 unspecified atom stereocenters. The highest BCUT2D eigenvalue weighted by Gasteiger charge is 2.35. The monoisotopic (exact) mass is 472 g/mol. The molecule has 1 aliphatic rings. The Morgan fingerprint density at radius 1 is 1.09 bits per heavy atom. The van der Waals surface area contributed by atoms with Crippen LogP contribution < -0.4 is 10.2 Å². The van der Waals surface area contributed by atoms with Gasteiger partial charge in [-0.05, 0) is 54.1 Å². The van der Waals surface area contributed by atoms with E-state index in [0.717, 1.165) is 11.6 Å². The van der Waals surface area contributed by atoms with Crippen LogP contribution in [0.4, 0.5) is 0 Å². The van der Waals surface area contributed by atoms with Gasteiger partial charge in [0.2, 0.25) is 5.76 Å². The largest absolute Gasteiger partial charge is 0.497 e. The topological polar surface area (TPSA) is 112 Å². The summed E-state index contributed by atoms with van der Waals surface area (Å²) in [6.07, 6.45) is 1.93. The van der Waals surface area contributed by atoms with Gasteiger partial charge in [-0.3, -0.25) is 9.59 Å². The molecule has 0 radical (unpaired) electrons. The molecule has 0 fully saturated rings. The second-order valence-corrected chi connectivity index (χ2v) is 7.80. The lowest BCUT2D eigenvalue weighted by Gasteiger charge is -2.19. The first kappa shape index (κ1) is 22.1. The van der Waals surface area contributed by atoms with E-state index in [-0.39, 0.29) is 16.8 Å². The molecule has 0 bridgehead atoms. The third kappa shape index (κ3) is 4.43. The van der Waals surface area contributed by atoms with Gasteiger partial charge >= 0.3 is 5.97 Å². The van der Waals surface area contributed by atoms with Gasteiger partial charge in [0.1, 0.15) is 23.1 Å². The van der Waals surface area contributed by atoms with E-state index >= 15 is 0 Å². The SMILES string of the molecule is COc1ccc(C2=NN(C(=O)COC(=O)c3cc(=O)c4ccccc4o3)C(c3ccco3)C2)cc1. The predicted octanol–water partition coefficient (Wildman–Crippen LogP) is 3.93. The molecule has 1 amide bonds. The lowest BCUT2D eigenvalue weighted by Crippen LogP contribution is -2.31. The van der Waals surface area contributed by atoms with Crippen molar-refractivity contribution in [2.75, 3.05) is 13.7 Å². The van der Waals surface area contributed by atoms with E-state index in [1.807, 2.05) is 24.3 Å². The van der Waals surface area contributed by atoms with E-state index in [1.165, 1.54) is 11.3 Å². The maximum atomic E-state index is 13.0. The molecule has 5 rings (SSSR count). The van der Waals surface area contributed by atoms with E-state index < -0.39 is 24.5 Å². The fourth-order valence-electron chi connectivity index (χ4n) is 3.87. The number of furan rings is 1. The number of para-hydroxylation sites is 1. The second kappa shape index (κ2) is 9.30. The first-order valence-electron chi connectivity index (χ1n) is 10.8. The number of carbonyl (C=O) groups excluding carboxylic acids is 2. The number of amides is 1. The van der Waals surface area contributed by atoms with Crippen molar-refractivity contribution >= 4 is 28.6 Å². The molecule has 0 N–H and O–H groups in total. The number of hydrogen-bond acceptors (Lipinski definition) is 8. The lowest BCUT2D eigenvalue weighted by molar-refractivity contribution is -0.136. The number of hydrogen-bond donors (Lipinski definition) is 0. The molecule has 1 aliphatic heterocycles. The number of fused-ring (bicyclic) bond motifs is 1. The van der Waals surface area contributed by atoms with Crippen LogP contribution in [-0.4, -0.2) is 36.3 Å². The number of rotatable bonds is 6. The van der Waals surface area contributed by atoms with Gasteiger partial charge in [0.15, 0.2) is 12.0 Å². The summed E-state index contributed by atoms with van der Waals surface area (Å²) in [5.41, 5.74) is 1.38. The van der Waals surface area contributed by atoms with Gasteiger partial charge in [-0.25, -0.2) is 9.80 Å². The Balaban J connectivity index is 1.34. The molecule has 0 saturated carbocycles. The van der Waals surface area contributed by atoms with E-state index in [9.17, 15) is 14.4 Å². The van der Waals surface area contributed by atoms with Crippen molar-refractivity contribution in [2.24, 2.45) is 5.10 Å². The van der Waals surface area contributed by atoms with E-state index in [4.69, 9.17) is 18.3 Å². The van der Waals surface area contributed by atoms with Gasteiger partial charge < -0.3 is 18.3 Å². The predicted molar refractivity (Wildman–Crippen MR) is 125 cm³/mol. The highest BCUT2D eigenvalue weighted by atomic mass is 16.5. The summed E-state index contributed by atoms with van der Waals surface area (Å²) in [6, 6.07) is 17.9. The Morgan fingerprint density at radius 3 is 2.63 bits per heavy atom. The fourth-order valence-corrected chi connectivity index (χ4v) is 3.87. The summed E-state index contributed by atoms with van der Waals surface area (Å²) in [6.45, 7) is -0.591. The highest BCUT2D eigenvalue weighted by molar-refractivity contribution is 6.03. The highest BCUT2D eigenvalue weighted by Crippen LogP contribution is 2.33. The minimum atomic E-state index is -0.922. The van der Waals surface area contributed by atoms with E-state index in [2.05, 4.69) is 5.10 Å². The zero-order valence-corrected chi connectivity index (χ0v) is 18.7.